The standard InChI is InChI=1S/C49H53N5O6/c1-50-46(57)44(8-5-25-55)54-48(59)42-27-35-29-53(30-36(35)28-43(42)49(54)60)38-19-23-52(24-20-38)47(58)33-17-21-51(22-18-33)37-12-9-32(10-13-37)45-40(31-6-3-2-4-7-31)15-11-34-26-39(56)14-16-41(34)45/h2-4,6-7,9-10,12-14,16,25-28,33,38,40,44-45,56H,5,8,11,15,17-24,29-30H2,1H3,(H,50,57). The number of amides is 4. The van der Waals surface area contributed by atoms with Crippen molar-refractivity contribution in [3.05, 3.63) is 129 Å². The van der Waals surface area contributed by atoms with Gasteiger partial charge in [0, 0.05) is 76.3 Å². The monoisotopic (exact) mass is 807 g/mol. The second-order valence-electron chi connectivity index (χ2n) is 17.3. The number of aryl methyl sites for hydroxylation is 1. The number of likely N-dealkylation sites (N-methyl/N-ethyl adjacent to an activating group) is 1. The zero-order chi connectivity index (χ0) is 41.5. The van der Waals surface area contributed by atoms with E-state index >= 15 is 0 Å². The summed E-state index contributed by atoms with van der Waals surface area (Å²) in [6.07, 6.45) is 6.22. The molecule has 0 bridgehead atoms. The van der Waals surface area contributed by atoms with E-state index < -0.39 is 23.8 Å². The molecule has 2 saturated heterocycles. The molecular formula is C49H53N5O6. The summed E-state index contributed by atoms with van der Waals surface area (Å²) in [6.45, 7) is 4.45. The fourth-order valence-corrected chi connectivity index (χ4v) is 10.8. The molecule has 2 N–H and O–H groups in total. The molecule has 60 heavy (non-hydrogen) atoms. The lowest BCUT2D eigenvalue weighted by Crippen LogP contribution is -2.49. The first-order valence-electron chi connectivity index (χ1n) is 21.7. The summed E-state index contributed by atoms with van der Waals surface area (Å²) in [6, 6.07) is 28.6. The molecule has 11 heteroatoms. The van der Waals surface area contributed by atoms with Gasteiger partial charge in [-0.15, -0.1) is 0 Å². The Balaban J connectivity index is 0.783. The minimum Gasteiger partial charge on any atom is -0.508 e. The van der Waals surface area contributed by atoms with Crippen LogP contribution in [0.1, 0.15) is 111 Å². The summed E-state index contributed by atoms with van der Waals surface area (Å²) in [4.78, 5) is 72.3. The predicted molar refractivity (Wildman–Crippen MR) is 228 cm³/mol. The van der Waals surface area contributed by atoms with Gasteiger partial charge in [0.1, 0.15) is 18.1 Å². The number of phenolic OH excluding ortho intramolecular Hbond substituents is 1. The Morgan fingerprint density at radius 1 is 0.783 bits per heavy atom. The molecule has 4 aromatic rings. The molecule has 4 amide bonds. The molecule has 4 heterocycles. The van der Waals surface area contributed by atoms with Crippen LogP contribution in [0.25, 0.3) is 0 Å². The van der Waals surface area contributed by atoms with Gasteiger partial charge >= 0.3 is 0 Å². The summed E-state index contributed by atoms with van der Waals surface area (Å²) in [7, 11) is 1.45. The normalized spacial score (nSPS) is 21.4. The summed E-state index contributed by atoms with van der Waals surface area (Å²) in [5.74, 6) is -0.275. The fraction of sp³-hybridized carbons (Fsp3) is 0.408. The molecule has 3 atom stereocenters. The second kappa shape index (κ2) is 16.7. The Morgan fingerprint density at radius 3 is 2.08 bits per heavy atom. The molecule has 9 rings (SSSR count). The van der Waals surface area contributed by atoms with Crippen LogP contribution in [0.5, 0.6) is 5.75 Å². The van der Waals surface area contributed by atoms with E-state index in [4.69, 9.17) is 0 Å². The number of likely N-dealkylation sites (tertiary alicyclic amines) is 1. The number of nitrogens with zero attached hydrogens (tertiary/aromatic N) is 4. The van der Waals surface area contributed by atoms with Crippen molar-refractivity contribution in [2.24, 2.45) is 5.92 Å². The van der Waals surface area contributed by atoms with Crippen LogP contribution < -0.4 is 10.2 Å². The van der Waals surface area contributed by atoms with Gasteiger partial charge in [0.2, 0.25) is 11.8 Å². The maximum Gasteiger partial charge on any atom is 0.262 e. The molecule has 1 aliphatic carbocycles. The number of anilines is 1. The van der Waals surface area contributed by atoms with Crippen LogP contribution >= 0.6 is 0 Å². The van der Waals surface area contributed by atoms with Gasteiger partial charge in [-0.2, -0.15) is 0 Å². The van der Waals surface area contributed by atoms with E-state index in [1.807, 2.05) is 24.3 Å². The number of hydrogen-bond donors (Lipinski definition) is 2. The van der Waals surface area contributed by atoms with Crippen molar-refractivity contribution in [3.63, 3.8) is 0 Å². The minimum atomic E-state index is -1.03. The van der Waals surface area contributed by atoms with Crippen LogP contribution in [0, 0.1) is 5.92 Å². The lowest BCUT2D eigenvalue weighted by molar-refractivity contribution is -0.137. The third kappa shape index (κ3) is 7.37. The Hall–Kier alpha value is -5.81. The maximum absolute atomic E-state index is 13.8. The van der Waals surface area contributed by atoms with Gasteiger partial charge in [-0.05, 0) is 121 Å². The number of carbonyl (C=O) groups is 5. The highest BCUT2D eigenvalue weighted by molar-refractivity contribution is 6.23. The molecule has 3 unspecified atom stereocenters. The zero-order valence-electron chi connectivity index (χ0n) is 34.2. The highest BCUT2D eigenvalue weighted by Gasteiger charge is 2.44. The molecule has 0 aromatic heterocycles. The first-order valence-corrected chi connectivity index (χ1v) is 21.7. The van der Waals surface area contributed by atoms with Crippen molar-refractivity contribution in [1.29, 1.82) is 0 Å². The third-order valence-corrected chi connectivity index (χ3v) is 14.0. The Kier molecular flexibility index (Phi) is 11.0. The lowest BCUT2D eigenvalue weighted by atomic mass is 9.69. The van der Waals surface area contributed by atoms with Crippen molar-refractivity contribution >= 4 is 35.6 Å². The number of piperidine rings is 2. The molecule has 4 aliphatic heterocycles. The molecule has 11 nitrogen and oxygen atoms in total. The minimum absolute atomic E-state index is 0.0216. The van der Waals surface area contributed by atoms with Crippen LogP contribution in [0.2, 0.25) is 0 Å². The number of hydrogen-bond acceptors (Lipinski definition) is 8. The quantitative estimate of drug-likeness (QED) is 0.144. The summed E-state index contributed by atoms with van der Waals surface area (Å²) >= 11 is 0. The number of carbonyl (C=O) groups excluding carboxylic acids is 5. The number of phenols is 1. The fourth-order valence-electron chi connectivity index (χ4n) is 10.8. The molecular weight excluding hydrogens is 755 g/mol. The SMILES string of the molecule is CNC(=O)C(CCC=O)N1C(=O)c2cc3c(cc2C1=O)CN(C1CCN(C(=O)C2CCN(c4ccc(C5c6ccc(O)cc6CCC5c5ccccc5)cc4)CC2)CC1)C3. The smallest absolute Gasteiger partial charge is 0.262 e. The Morgan fingerprint density at radius 2 is 1.45 bits per heavy atom. The van der Waals surface area contributed by atoms with Crippen LogP contribution in [-0.2, 0) is 33.9 Å². The van der Waals surface area contributed by atoms with E-state index in [2.05, 4.69) is 80.7 Å². The summed E-state index contributed by atoms with van der Waals surface area (Å²) < 4.78 is 0. The molecule has 310 valence electrons. The van der Waals surface area contributed by atoms with Crippen LogP contribution in [0.3, 0.4) is 0 Å². The van der Waals surface area contributed by atoms with Gasteiger partial charge in [0.05, 0.1) is 11.1 Å². The van der Waals surface area contributed by atoms with Gasteiger partial charge in [-0.3, -0.25) is 29.0 Å². The number of fused-ring (bicyclic) bond motifs is 3. The largest absolute Gasteiger partial charge is 0.508 e. The molecule has 5 aliphatic rings. The predicted octanol–water partition coefficient (Wildman–Crippen LogP) is 6.17. The van der Waals surface area contributed by atoms with Crippen LogP contribution in [-0.4, -0.2) is 95.0 Å². The molecule has 4 aromatic carbocycles. The Labute approximate surface area is 351 Å². The molecule has 0 radical (unpaired) electrons. The number of aldehydes is 1. The Bertz CT molecular complexity index is 2250. The maximum atomic E-state index is 13.8. The topological polar surface area (TPSA) is 131 Å². The number of benzene rings is 4. The van der Waals surface area contributed by atoms with E-state index in [1.165, 1.54) is 35.0 Å². The number of nitrogens with one attached hydrogen (secondary N) is 1. The first kappa shape index (κ1) is 39.6. The van der Waals surface area contributed by atoms with Crippen molar-refractivity contribution in [1.82, 2.24) is 20.0 Å². The van der Waals surface area contributed by atoms with E-state index in [0.717, 1.165) is 80.7 Å². The van der Waals surface area contributed by atoms with Crippen molar-refractivity contribution in [2.75, 3.05) is 38.1 Å². The van der Waals surface area contributed by atoms with Crippen molar-refractivity contribution in [2.45, 2.75) is 88.4 Å². The highest BCUT2D eigenvalue weighted by Crippen LogP contribution is 2.47. The molecule has 2 fully saturated rings. The number of rotatable bonds is 10. The summed E-state index contributed by atoms with van der Waals surface area (Å²) in [5, 5.41) is 12.8. The van der Waals surface area contributed by atoms with E-state index in [-0.39, 0.29) is 30.6 Å². The van der Waals surface area contributed by atoms with Gasteiger partial charge in [0.15, 0.2) is 0 Å². The average Bonchev–Trinajstić information content (AvgIpc) is 3.82. The van der Waals surface area contributed by atoms with E-state index in [9.17, 15) is 29.1 Å². The number of aromatic hydroxyl groups is 1. The third-order valence-electron chi connectivity index (χ3n) is 14.0. The van der Waals surface area contributed by atoms with Crippen molar-refractivity contribution < 1.29 is 29.1 Å². The van der Waals surface area contributed by atoms with Gasteiger partial charge in [0.25, 0.3) is 11.8 Å². The van der Waals surface area contributed by atoms with Crippen LogP contribution in [0.15, 0.2) is 84.9 Å². The van der Waals surface area contributed by atoms with Gasteiger partial charge in [-0.25, -0.2) is 0 Å². The molecule has 0 saturated carbocycles. The van der Waals surface area contributed by atoms with Gasteiger partial charge < -0.3 is 25.0 Å². The van der Waals surface area contributed by atoms with Crippen LogP contribution in [0.4, 0.5) is 5.69 Å². The second-order valence-corrected chi connectivity index (χ2v) is 17.3. The van der Waals surface area contributed by atoms with E-state index in [0.29, 0.717) is 48.2 Å². The average molecular weight is 808 g/mol. The van der Waals surface area contributed by atoms with Gasteiger partial charge in [-0.1, -0.05) is 48.5 Å². The van der Waals surface area contributed by atoms with E-state index in [1.54, 1.807) is 0 Å². The number of imide groups is 1. The zero-order valence-corrected chi connectivity index (χ0v) is 34.2. The first-order chi connectivity index (χ1) is 29.2. The highest BCUT2D eigenvalue weighted by atomic mass is 16.3. The van der Waals surface area contributed by atoms with Crippen molar-refractivity contribution in [3.8, 4) is 5.75 Å². The molecule has 0 spiro atoms. The summed E-state index contributed by atoms with van der Waals surface area (Å²) in [5.41, 5.74) is 8.99. The lowest BCUT2D eigenvalue weighted by Gasteiger charge is -2.40.